The van der Waals surface area contributed by atoms with Crippen LogP contribution in [0.25, 0.3) is 16.7 Å². The maximum absolute atomic E-state index is 6.13. The predicted molar refractivity (Wildman–Crippen MR) is 116 cm³/mol. The molecule has 0 aliphatic carbocycles. The van der Waals surface area contributed by atoms with Gasteiger partial charge in [-0.15, -0.1) is 6.58 Å². The fraction of sp³-hybridized carbons (Fsp3) is 0.263. The Balaban J connectivity index is 1.56. The van der Waals surface area contributed by atoms with Gasteiger partial charge in [0.25, 0.3) is 0 Å². The van der Waals surface area contributed by atoms with E-state index in [4.69, 9.17) is 23.8 Å². The number of aromatic nitrogens is 4. The van der Waals surface area contributed by atoms with E-state index in [1.807, 2.05) is 30.5 Å². The van der Waals surface area contributed by atoms with Crippen LogP contribution >= 0.6 is 23.8 Å². The van der Waals surface area contributed by atoms with Crippen molar-refractivity contribution < 1.29 is 0 Å². The summed E-state index contributed by atoms with van der Waals surface area (Å²) >= 11 is 11.6. The van der Waals surface area contributed by atoms with E-state index in [0.29, 0.717) is 11.6 Å². The number of nitrogens with one attached hydrogen (secondary N) is 1. The molecule has 4 rings (SSSR count). The summed E-state index contributed by atoms with van der Waals surface area (Å²) in [5, 5.41) is 10.0. The van der Waals surface area contributed by atoms with E-state index >= 15 is 0 Å². The molecule has 1 aromatic carbocycles. The first kappa shape index (κ1) is 18.6. The molecule has 0 spiro atoms. The third-order valence-corrected chi connectivity index (χ3v) is 5.30. The number of benzene rings is 1. The Morgan fingerprint density at radius 1 is 1.25 bits per heavy atom. The fourth-order valence-corrected chi connectivity index (χ4v) is 3.72. The Kier molecular flexibility index (Phi) is 5.40. The Labute approximate surface area is 173 Å². The highest BCUT2D eigenvalue weighted by Crippen LogP contribution is 2.26. The van der Waals surface area contributed by atoms with E-state index in [-0.39, 0.29) is 0 Å². The average molecular weight is 414 g/mol. The van der Waals surface area contributed by atoms with Crippen LogP contribution in [-0.2, 0) is 0 Å². The summed E-state index contributed by atoms with van der Waals surface area (Å²) in [6.07, 6.45) is 5.20. The second kappa shape index (κ2) is 8.12. The van der Waals surface area contributed by atoms with Gasteiger partial charge >= 0.3 is 0 Å². The molecule has 28 heavy (non-hydrogen) atoms. The van der Waals surface area contributed by atoms with Crippen molar-refractivity contribution in [3.63, 3.8) is 0 Å². The molecule has 0 atom stereocenters. The summed E-state index contributed by atoms with van der Waals surface area (Å²) < 4.78 is 1.79. The van der Waals surface area contributed by atoms with Crippen molar-refractivity contribution in [2.75, 3.05) is 37.6 Å². The lowest BCUT2D eigenvalue weighted by Crippen LogP contribution is -2.52. The fourth-order valence-electron chi connectivity index (χ4n) is 3.27. The van der Waals surface area contributed by atoms with E-state index in [2.05, 4.69) is 36.8 Å². The van der Waals surface area contributed by atoms with Crippen LogP contribution in [0.15, 0.2) is 49.4 Å². The summed E-state index contributed by atoms with van der Waals surface area (Å²) in [6.45, 7) is 7.69. The smallest absolute Gasteiger partial charge is 0.169 e. The van der Waals surface area contributed by atoms with Gasteiger partial charge in [-0.1, -0.05) is 23.7 Å². The molecular formula is C19H20ClN7S. The highest BCUT2D eigenvalue weighted by atomic mass is 35.5. The number of fused-ring (bicyclic) bond motifs is 1. The number of rotatable bonds is 4. The number of anilines is 1. The molecule has 0 radical (unpaired) electrons. The van der Waals surface area contributed by atoms with E-state index in [0.717, 1.165) is 53.8 Å². The third-order valence-electron chi connectivity index (χ3n) is 4.66. The zero-order valence-electron chi connectivity index (χ0n) is 15.3. The molecule has 1 saturated heterocycles. The Bertz CT molecular complexity index is 1010. The molecule has 0 amide bonds. The Morgan fingerprint density at radius 2 is 2.07 bits per heavy atom. The van der Waals surface area contributed by atoms with Crippen LogP contribution in [0.1, 0.15) is 0 Å². The van der Waals surface area contributed by atoms with Gasteiger partial charge in [0.15, 0.2) is 10.8 Å². The Morgan fingerprint density at radius 3 is 2.82 bits per heavy atom. The molecule has 2 aromatic heterocycles. The number of thiocarbonyl (C=S) groups is 1. The first-order valence-corrected chi connectivity index (χ1v) is 9.79. The molecule has 0 unspecified atom stereocenters. The van der Waals surface area contributed by atoms with Gasteiger partial charge in [0.05, 0.1) is 17.3 Å². The van der Waals surface area contributed by atoms with Crippen molar-refractivity contribution in [2.45, 2.75) is 0 Å². The molecule has 0 bridgehead atoms. The molecule has 1 aliphatic rings. The molecule has 1 fully saturated rings. The standard InChI is InChI=1S/C19H20ClN7S/c1-2-6-21-19(28)26-9-7-25(8-10-26)17-16-12-24-27(18(16)23-13-22-17)15-5-3-4-14(20)11-15/h2-5,11-13H,1,6-10H2,(H,21,28). The lowest BCUT2D eigenvalue weighted by molar-refractivity contribution is 0.381. The lowest BCUT2D eigenvalue weighted by Gasteiger charge is -2.36. The highest BCUT2D eigenvalue weighted by molar-refractivity contribution is 7.80. The van der Waals surface area contributed by atoms with E-state index in [1.54, 1.807) is 17.1 Å². The predicted octanol–water partition coefficient (Wildman–Crippen LogP) is 2.65. The van der Waals surface area contributed by atoms with Crippen LogP contribution < -0.4 is 10.2 Å². The van der Waals surface area contributed by atoms with Crippen molar-refractivity contribution in [1.82, 2.24) is 30.0 Å². The van der Waals surface area contributed by atoms with Gasteiger partial charge in [0, 0.05) is 37.7 Å². The molecular weight excluding hydrogens is 394 g/mol. The van der Waals surface area contributed by atoms with Crippen LogP contribution in [0.3, 0.4) is 0 Å². The van der Waals surface area contributed by atoms with Crippen molar-refractivity contribution >= 4 is 45.8 Å². The van der Waals surface area contributed by atoms with Crippen molar-refractivity contribution in [3.05, 3.63) is 54.5 Å². The number of piperazine rings is 1. The van der Waals surface area contributed by atoms with Crippen LogP contribution in [0, 0.1) is 0 Å². The topological polar surface area (TPSA) is 62.1 Å². The van der Waals surface area contributed by atoms with Crippen LogP contribution in [0.4, 0.5) is 5.82 Å². The van der Waals surface area contributed by atoms with E-state index in [1.165, 1.54) is 0 Å². The Hall–Kier alpha value is -2.71. The van der Waals surface area contributed by atoms with Gasteiger partial charge in [-0.25, -0.2) is 14.6 Å². The van der Waals surface area contributed by atoms with Gasteiger partial charge in [-0.05, 0) is 30.4 Å². The molecule has 3 aromatic rings. The number of nitrogens with zero attached hydrogens (tertiary/aromatic N) is 6. The second-order valence-corrected chi connectivity index (χ2v) is 7.24. The lowest BCUT2D eigenvalue weighted by atomic mass is 10.3. The minimum absolute atomic E-state index is 0.660. The SMILES string of the molecule is C=CCNC(=S)N1CCN(c2ncnc3c2cnn3-c2cccc(Cl)c2)CC1. The molecule has 7 nitrogen and oxygen atoms in total. The van der Waals surface area contributed by atoms with Crippen molar-refractivity contribution in [1.29, 1.82) is 0 Å². The summed E-state index contributed by atoms with van der Waals surface area (Å²) in [4.78, 5) is 13.4. The largest absolute Gasteiger partial charge is 0.359 e. The van der Waals surface area contributed by atoms with Crippen LogP contribution in [-0.4, -0.2) is 62.5 Å². The number of halogens is 1. The van der Waals surface area contributed by atoms with Gasteiger partial charge in [-0.3, -0.25) is 0 Å². The highest BCUT2D eigenvalue weighted by Gasteiger charge is 2.22. The minimum Gasteiger partial charge on any atom is -0.359 e. The third kappa shape index (κ3) is 3.65. The van der Waals surface area contributed by atoms with Crippen molar-refractivity contribution in [3.8, 4) is 5.69 Å². The summed E-state index contributed by atoms with van der Waals surface area (Å²) in [5.41, 5.74) is 1.63. The summed E-state index contributed by atoms with van der Waals surface area (Å²) in [6, 6.07) is 7.56. The maximum Gasteiger partial charge on any atom is 0.169 e. The molecule has 0 saturated carbocycles. The van der Waals surface area contributed by atoms with E-state index < -0.39 is 0 Å². The molecule has 9 heteroatoms. The van der Waals surface area contributed by atoms with Gasteiger partial charge in [0.1, 0.15) is 12.1 Å². The summed E-state index contributed by atoms with van der Waals surface area (Å²) in [7, 11) is 0. The zero-order valence-corrected chi connectivity index (χ0v) is 16.8. The second-order valence-electron chi connectivity index (χ2n) is 6.42. The minimum atomic E-state index is 0.660. The molecule has 1 aliphatic heterocycles. The van der Waals surface area contributed by atoms with Crippen LogP contribution in [0.5, 0.6) is 0 Å². The number of hydrogen-bond acceptors (Lipinski definition) is 5. The van der Waals surface area contributed by atoms with Crippen molar-refractivity contribution in [2.24, 2.45) is 0 Å². The zero-order chi connectivity index (χ0) is 19.5. The van der Waals surface area contributed by atoms with Crippen LogP contribution in [0.2, 0.25) is 5.02 Å². The average Bonchev–Trinajstić information content (AvgIpc) is 3.16. The summed E-state index contributed by atoms with van der Waals surface area (Å²) in [5.74, 6) is 0.892. The molecule has 1 N–H and O–H groups in total. The van der Waals surface area contributed by atoms with E-state index in [9.17, 15) is 0 Å². The quantitative estimate of drug-likeness (QED) is 0.521. The molecule has 3 heterocycles. The normalized spacial score (nSPS) is 14.3. The first-order valence-electron chi connectivity index (χ1n) is 9.00. The monoisotopic (exact) mass is 413 g/mol. The maximum atomic E-state index is 6.13. The molecule has 144 valence electrons. The van der Waals surface area contributed by atoms with Gasteiger partial charge in [0.2, 0.25) is 0 Å². The van der Waals surface area contributed by atoms with Gasteiger partial charge < -0.3 is 15.1 Å². The van der Waals surface area contributed by atoms with Gasteiger partial charge in [-0.2, -0.15) is 5.10 Å². The first-order chi connectivity index (χ1) is 13.7. The number of hydrogen-bond donors (Lipinski definition) is 1.